The molecule has 0 aliphatic rings. The first-order valence-corrected chi connectivity index (χ1v) is 8.95. The summed E-state index contributed by atoms with van der Waals surface area (Å²) in [5.74, 6) is -1.16. The fourth-order valence-corrected chi connectivity index (χ4v) is 3.28. The Morgan fingerprint density at radius 1 is 0.963 bits per heavy atom. The van der Waals surface area contributed by atoms with Crippen molar-refractivity contribution in [1.82, 2.24) is 9.78 Å². The highest BCUT2D eigenvalue weighted by molar-refractivity contribution is 7.13. The molecule has 4 nitrogen and oxygen atoms in total. The molecule has 2 heterocycles. The second-order valence-corrected chi connectivity index (χ2v) is 6.69. The molecule has 7 heteroatoms. The number of hydrogen-bond acceptors (Lipinski definition) is 3. The van der Waals surface area contributed by atoms with Crippen LogP contribution in [0.15, 0.2) is 72.1 Å². The molecule has 0 aliphatic carbocycles. The molecule has 0 aliphatic heterocycles. The van der Waals surface area contributed by atoms with Gasteiger partial charge in [-0.25, -0.2) is 13.5 Å². The zero-order valence-corrected chi connectivity index (χ0v) is 14.7. The van der Waals surface area contributed by atoms with E-state index in [-0.39, 0.29) is 17.3 Å². The van der Waals surface area contributed by atoms with E-state index >= 15 is 0 Å². The van der Waals surface area contributed by atoms with Gasteiger partial charge in [0, 0.05) is 5.69 Å². The molecule has 1 N–H and O–H groups in total. The van der Waals surface area contributed by atoms with Gasteiger partial charge in [0.05, 0.1) is 10.6 Å². The third-order valence-corrected chi connectivity index (χ3v) is 4.78. The van der Waals surface area contributed by atoms with Crippen LogP contribution in [0.4, 0.5) is 14.5 Å². The summed E-state index contributed by atoms with van der Waals surface area (Å²) in [4.78, 5) is 13.7. The summed E-state index contributed by atoms with van der Waals surface area (Å²) in [6, 6.07) is 16.7. The highest BCUT2D eigenvalue weighted by Gasteiger charge is 2.18. The Morgan fingerprint density at radius 2 is 1.63 bits per heavy atom. The van der Waals surface area contributed by atoms with Crippen LogP contribution >= 0.6 is 11.3 Å². The van der Waals surface area contributed by atoms with Gasteiger partial charge in [-0.2, -0.15) is 5.10 Å². The Labute approximate surface area is 157 Å². The summed E-state index contributed by atoms with van der Waals surface area (Å²) in [6.45, 7) is 0. The molecule has 0 spiro atoms. The number of nitrogens with zero attached hydrogens (tertiary/aromatic N) is 2. The van der Waals surface area contributed by atoms with E-state index in [1.807, 2.05) is 17.5 Å². The van der Waals surface area contributed by atoms with Crippen molar-refractivity contribution in [2.24, 2.45) is 0 Å². The van der Waals surface area contributed by atoms with Gasteiger partial charge < -0.3 is 5.32 Å². The number of halogens is 2. The lowest BCUT2D eigenvalue weighted by Gasteiger charge is -2.08. The molecule has 4 rings (SSSR count). The number of aromatic nitrogens is 2. The quantitative estimate of drug-likeness (QED) is 0.533. The average Bonchev–Trinajstić information content (AvgIpc) is 3.33. The minimum atomic E-state index is -0.402. The molecule has 0 saturated heterocycles. The maximum absolute atomic E-state index is 13.3. The van der Waals surface area contributed by atoms with E-state index in [9.17, 15) is 13.6 Å². The highest BCUT2D eigenvalue weighted by atomic mass is 32.1. The Morgan fingerprint density at radius 3 is 2.26 bits per heavy atom. The number of anilines is 1. The Balaban J connectivity index is 1.74. The van der Waals surface area contributed by atoms with E-state index in [1.54, 1.807) is 18.2 Å². The zero-order chi connectivity index (χ0) is 18.8. The normalized spacial score (nSPS) is 10.7. The van der Waals surface area contributed by atoms with Crippen LogP contribution in [-0.2, 0) is 0 Å². The first-order chi connectivity index (χ1) is 13.1. The molecule has 2 aromatic carbocycles. The van der Waals surface area contributed by atoms with Crippen molar-refractivity contribution >= 4 is 22.9 Å². The molecule has 4 aromatic rings. The van der Waals surface area contributed by atoms with Crippen molar-refractivity contribution in [3.63, 3.8) is 0 Å². The molecular weight excluding hydrogens is 368 g/mol. The number of nitrogens with one attached hydrogen (secondary N) is 1. The van der Waals surface area contributed by atoms with Gasteiger partial charge >= 0.3 is 0 Å². The van der Waals surface area contributed by atoms with E-state index < -0.39 is 5.91 Å². The number of carbonyl (C=O) groups is 1. The van der Waals surface area contributed by atoms with Crippen LogP contribution < -0.4 is 5.32 Å². The first kappa shape index (κ1) is 17.1. The standard InChI is InChI=1S/C20H13F2N3OS/c21-13-3-7-15(8-4-13)23-20(26)18-12-17(19-2-1-11-27-19)24-25(18)16-9-5-14(22)6-10-16/h1-12H,(H,23,26). The highest BCUT2D eigenvalue weighted by Crippen LogP contribution is 2.26. The van der Waals surface area contributed by atoms with Crippen LogP contribution in [0.5, 0.6) is 0 Å². The van der Waals surface area contributed by atoms with Crippen LogP contribution in [0.25, 0.3) is 16.3 Å². The molecule has 27 heavy (non-hydrogen) atoms. The van der Waals surface area contributed by atoms with Gasteiger partial charge in [-0.05, 0) is 66.0 Å². The minimum Gasteiger partial charge on any atom is -0.321 e. The molecule has 0 unspecified atom stereocenters. The van der Waals surface area contributed by atoms with Crippen molar-refractivity contribution in [2.45, 2.75) is 0 Å². The minimum absolute atomic E-state index is 0.286. The molecular formula is C20H13F2N3OS. The number of rotatable bonds is 4. The molecule has 134 valence electrons. The number of benzene rings is 2. The predicted octanol–water partition coefficient (Wildman–Crippen LogP) is 5.13. The Kier molecular flexibility index (Phi) is 4.52. The van der Waals surface area contributed by atoms with Crippen molar-refractivity contribution in [3.8, 4) is 16.3 Å². The molecule has 0 bridgehead atoms. The lowest BCUT2D eigenvalue weighted by Crippen LogP contribution is -2.17. The van der Waals surface area contributed by atoms with Gasteiger partial charge in [-0.3, -0.25) is 4.79 Å². The number of amides is 1. The Bertz CT molecular complexity index is 1070. The summed E-state index contributed by atoms with van der Waals surface area (Å²) in [6.07, 6.45) is 0. The monoisotopic (exact) mass is 381 g/mol. The molecule has 0 radical (unpaired) electrons. The van der Waals surface area contributed by atoms with Crippen molar-refractivity contribution in [3.05, 3.63) is 89.4 Å². The van der Waals surface area contributed by atoms with Crippen LogP contribution in [0.2, 0.25) is 0 Å². The van der Waals surface area contributed by atoms with Crippen molar-refractivity contribution in [2.75, 3.05) is 5.32 Å². The van der Waals surface area contributed by atoms with Gasteiger partial charge in [-0.15, -0.1) is 11.3 Å². The van der Waals surface area contributed by atoms with Gasteiger partial charge in [0.15, 0.2) is 0 Å². The third kappa shape index (κ3) is 3.63. The van der Waals surface area contributed by atoms with Crippen LogP contribution in [0.1, 0.15) is 10.5 Å². The number of carbonyl (C=O) groups excluding carboxylic acids is 1. The summed E-state index contributed by atoms with van der Waals surface area (Å²) in [5, 5.41) is 9.16. The molecule has 0 fully saturated rings. The van der Waals surface area contributed by atoms with Crippen LogP contribution in [-0.4, -0.2) is 15.7 Å². The summed E-state index contributed by atoms with van der Waals surface area (Å²) in [7, 11) is 0. The predicted molar refractivity (Wildman–Crippen MR) is 101 cm³/mol. The third-order valence-electron chi connectivity index (χ3n) is 3.89. The first-order valence-electron chi connectivity index (χ1n) is 8.07. The molecule has 1 amide bonds. The average molecular weight is 381 g/mol. The molecule has 2 aromatic heterocycles. The van der Waals surface area contributed by atoms with Gasteiger partial charge in [0.25, 0.3) is 5.91 Å². The lowest BCUT2D eigenvalue weighted by atomic mass is 10.2. The van der Waals surface area contributed by atoms with Crippen LogP contribution in [0.3, 0.4) is 0 Å². The van der Waals surface area contributed by atoms with Crippen molar-refractivity contribution in [1.29, 1.82) is 0 Å². The largest absolute Gasteiger partial charge is 0.321 e. The van der Waals surface area contributed by atoms with Crippen LogP contribution in [0, 0.1) is 11.6 Å². The summed E-state index contributed by atoms with van der Waals surface area (Å²) >= 11 is 1.50. The summed E-state index contributed by atoms with van der Waals surface area (Å²) < 4.78 is 27.8. The zero-order valence-electron chi connectivity index (χ0n) is 13.9. The van der Waals surface area contributed by atoms with E-state index in [0.717, 1.165) is 4.88 Å². The Hall–Kier alpha value is -3.32. The maximum Gasteiger partial charge on any atom is 0.274 e. The second kappa shape index (κ2) is 7.13. The van der Waals surface area contributed by atoms with E-state index in [4.69, 9.17) is 0 Å². The number of hydrogen-bond donors (Lipinski definition) is 1. The number of thiophene rings is 1. The lowest BCUT2D eigenvalue weighted by molar-refractivity contribution is 0.101. The second-order valence-electron chi connectivity index (χ2n) is 5.74. The van der Waals surface area contributed by atoms with Gasteiger partial charge in [0.2, 0.25) is 0 Å². The van der Waals surface area contributed by atoms with Gasteiger partial charge in [0.1, 0.15) is 23.0 Å². The molecule has 0 saturated carbocycles. The van der Waals surface area contributed by atoms with Gasteiger partial charge in [-0.1, -0.05) is 6.07 Å². The van der Waals surface area contributed by atoms with E-state index in [2.05, 4.69) is 10.4 Å². The van der Waals surface area contributed by atoms with Crippen molar-refractivity contribution < 1.29 is 13.6 Å². The van der Waals surface area contributed by atoms with E-state index in [1.165, 1.54) is 52.4 Å². The SMILES string of the molecule is O=C(Nc1ccc(F)cc1)c1cc(-c2cccs2)nn1-c1ccc(F)cc1. The maximum atomic E-state index is 13.3. The molecule has 0 atom stereocenters. The van der Waals surface area contributed by atoms with E-state index in [0.29, 0.717) is 17.1 Å². The topological polar surface area (TPSA) is 46.9 Å². The smallest absolute Gasteiger partial charge is 0.274 e. The fraction of sp³-hybridized carbons (Fsp3) is 0. The fourth-order valence-electron chi connectivity index (χ4n) is 2.60. The summed E-state index contributed by atoms with van der Waals surface area (Å²) in [5.41, 5.74) is 1.95.